The minimum atomic E-state index is -0.00175. The molecular formula is C20H22Cl2N2O. The SMILES string of the molecule is C=CCN(c1ccccc1CC(=O)NCCC)c1c(Cl)cccc1Cl. The second-order valence-corrected chi connectivity index (χ2v) is 6.44. The third-order valence-corrected chi connectivity index (χ3v) is 4.33. The Morgan fingerprint density at radius 2 is 1.84 bits per heavy atom. The van der Waals surface area contributed by atoms with Crippen LogP contribution in [0.4, 0.5) is 11.4 Å². The van der Waals surface area contributed by atoms with E-state index in [1.807, 2.05) is 42.2 Å². The molecule has 2 aromatic rings. The fourth-order valence-corrected chi connectivity index (χ4v) is 3.21. The van der Waals surface area contributed by atoms with E-state index in [1.54, 1.807) is 18.2 Å². The zero-order valence-corrected chi connectivity index (χ0v) is 15.8. The van der Waals surface area contributed by atoms with Crippen LogP contribution >= 0.6 is 23.2 Å². The van der Waals surface area contributed by atoms with Gasteiger partial charge in [-0.2, -0.15) is 0 Å². The molecule has 2 rings (SSSR count). The van der Waals surface area contributed by atoms with Crippen molar-refractivity contribution in [2.24, 2.45) is 0 Å². The number of benzene rings is 2. The van der Waals surface area contributed by atoms with Crippen LogP contribution in [0.15, 0.2) is 55.1 Å². The highest BCUT2D eigenvalue weighted by Crippen LogP contribution is 2.39. The van der Waals surface area contributed by atoms with Crippen LogP contribution in [0, 0.1) is 0 Å². The minimum absolute atomic E-state index is 0.00175. The lowest BCUT2D eigenvalue weighted by Crippen LogP contribution is -2.27. The van der Waals surface area contributed by atoms with Crippen LogP contribution in [0.2, 0.25) is 10.0 Å². The summed E-state index contributed by atoms with van der Waals surface area (Å²) in [5, 5.41) is 4.02. The zero-order chi connectivity index (χ0) is 18.2. The molecule has 0 radical (unpaired) electrons. The maximum atomic E-state index is 12.2. The molecule has 5 heteroatoms. The van der Waals surface area contributed by atoms with Crippen molar-refractivity contribution in [2.75, 3.05) is 18.0 Å². The lowest BCUT2D eigenvalue weighted by atomic mass is 10.1. The largest absolute Gasteiger partial charge is 0.356 e. The van der Waals surface area contributed by atoms with Gasteiger partial charge >= 0.3 is 0 Å². The highest BCUT2D eigenvalue weighted by molar-refractivity contribution is 6.39. The number of amides is 1. The summed E-state index contributed by atoms with van der Waals surface area (Å²) >= 11 is 12.8. The molecule has 2 aromatic carbocycles. The number of carbonyl (C=O) groups excluding carboxylic acids is 1. The first kappa shape index (κ1) is 19.4. The highest BCUT2D eigenvalue weighted by Gasteiger charge is 2.18. The van der Waals surface area contributed by atoms with E-state index in [0.29, 0.717) is 35.2 Å². The normalized spacial score (nSPS) is 10.4. The van der Waals surface area contributed by atoms with Gasteiger partial charge in [0, 0.05) is 18.8 Å². The molecule has 0 aliphatic carbocycles. The average Bonchev–Trinajstić information content (AvgIpc) is 2.59. The fourth-order valence-electron chi connectivity index (χ4n) is 2.61. The number of halogens is 2. The molecule has 0 fully saturated rings. The van der Waals surface area contributed by atoms with Crippen LogP contribution in [0.3, 0.4) is 0 Å². The van der Waals surface area contributed by atoms with Crippen molar-refractivity contribution in [1.29, 1.82) is 0 Å². The second kappa shape index (κ2) is 9.50. The number of carbonyl (C=O) groups is 1. The van der Waals surface area contributed by atoms with Gasteiger partial charge in [-0.25, -0.2) is 0 Å². The van der Waals surface area contributed by atoms with Crippen molar-refractivity contribution in [2.45, 2.75) is 19.8 Å². The van der Waals surface area contributed by atoms with Crippen LogP contribution in [-0.4, -0.2) is 19.0 Å². The second-order valence-electron chi connectivity index (χ2n) is 5.62. The number of rotatable bonds is 8. The highest BCUT2D eigenvalue weighted by atomic mass is 35.5. The van der Waals surface area contributed by atoms with Crippen LogP contribution in [-0.2, 0) is 11.2 Å². The summed E-state index contributed by atoms with van der Waals surface area (Å²) in [7, 11) is 0. The molecule has 0 unspecified atom stereocenters. The Bertz CT molecular complexity index is 726. The van der Waals surface area contributed by atoms with E-state index in [1.165, 1.54) is 0 Å². The Balaban J connectivity index is 2.42. The Hall–Kier alpha value is -1.97. The number of para-hydroxylation sites is 2. The van der Waals surface area contributed by atoms with Gasteiger partial charge in [-0.15, -0.1) is 6.58 Å². The van der Waals surface area contributed by atoms with Crippen molar-refractivity contribution < 1.29 is 4.79 Å². The molecular weight excluding hydrogens is 355 g/mol. The molecule has 0 aliphatic heterocycles. The molecule has 0 heterocycles. The molecule has 0 aromatic heterocycles. The monoisotopic (exact) mass is 376 g/mol. The van der Waals surface area contributed by atoms with E-state index in [0.717, 1.165) is 17.7 Å². The van der Waals surface area contributed by atoms with Gasteiger partial charge in [-0.3, -0.25) is 4.79 Å². The van der Waals surface area contributed by atoms with Gasteiger partial charge in [0.25, 0.3) is 0 Å². The molecule has 1 N–H and O–H groups in total. The first-order chi connectivity index (χ1) is 12.1. The summed E-state index contributed by atoms with van der Waals surface area (Å²) < 4.78 is 0. The maximum Gasteiger partial charge on any atom is 0.224 e. The third kappa shape index (κ3) is 5.00. The molecule has 0 spiro atoms. The van der Waals surface area contributed by atoms with E-state index >= 15 is 0 Å². The molecule has 0 atom stereocenters. The number of nitrogens with one attached hydrogen (secondary N) is 1. The van der Waals surface area contributed by atoms with Crippen LogP contribution < -0.4 is 10.2 Å². The Morgan fingerprint density at radius 1 is 1.16 bits per heavy atom. The van der Waals surface area contributed by atoms with Crippen LogP contribution in [0.1, 0.15) is 18.9 Å². The summed E-state index contributed by atoms with van der Waals surface area (Å²) in [5.41, 5.74) is 2.52. The molecule has 25 heavy (non-hydrogen) atoms. The number of nitrogens with zero attached hydrogens (tertiary/aromatic N) is 1. The summed E-state index contributed by atoms with van der Waals surface area (Å²) in [5.74, 6) is -0.00175. The minimum Gasteiger partial charge on any atom is -0.356 e. The lowest BCUT2D eigenvalue weighted by Gasteiger charge is -2.28. The van der Waals surface area contributed by atoms with Crippen molar-refractivity contribution in [1.82, 2.24) is 5.32 Å². The zero-order valence-electron chi connectivity index (χ0n) is 14.3. The first-order valence-electron chi connectivity index (χ1n) is 8.25. The predicted molar refractivity (Wildman–Crippen MR) is 107 cm³/mol. The van der Waals surface area contributed by atoms with E-state index in [9.17, 15) is 4.79 Å². The van der Waals surface area contributed by atoms with Gasteiger partial charge in [0.2, 0.25) is 5.91 Å². The Labute approximate surface area is 159 Å². The lowest BCUT2D eigenvalue weighted by molar-refractivity contribution is -0.120. The summed E-state index contributed by atoms with van der Waals surface area (Å²) in [4.78, 5) is 14.2. The van der Waals surface area contributed by atoms with E-state index in [2.05, 4.69) is 11.9 Å². The van der Waals surface area contributed by atoms with Gasteiger partial charge in [0.05, 0.1) is 22.2 Å². The van der Waals surface area contributed by atoms with Gasteiger partial charge in [-0.05, 0) is 30.2 Å². The average molecular weight is 377 g/mol. The summed E-state index contributed by atoms with van der Waals surface area (Å²) in [6.45, 7) is 7.06. The third-order valence-electron chi connectivity index (χ3n) is 3.72. The van der Waals surface area contributed by atoms with Crippen molar-refractivity contribution in [3.8, 4) is 0 Å². The number of anilines is 2. The number of hydrogen-bond donors (Lipinski definition) is 1. The van der Waals surface area contributed by atoms with Gasteiger partial charge < -0.3 is 10.2 Å². The topological polar surface area (TPSA) is 32.3 Å². The fraction of sp³-hybridized carbons (Fsp3) is 0.250. The molecule has 0 saturated carbocycles. The molecule has 0 bridgehead atoms. The predicted octanol–water partition coefficient (Wildman–Crippen LogP) is 5.39. The quantitative estimate of drug-likeness (QED) is 0.626. The van der Waals surface area contributed by atoms with E-state index in [-0.39, 0.29) is 5.91 Å². The summed E-state index contributed by atoms with van der Waals surface area (Å²) in [6, 6.07) is 13.2. The van der Waals surface area contributed by atoms with E-state index in [4.69, 9.17) is 23.2 Å². The number of hydrogen-bond acceptors (Lipinski definition) is 2. The summed E-state index contributed by atoms with van der Waals surface area (Å²) in [6.07, 6.45) is 2.99. The molecule has 0 aliphatic rings. The van der Waals surface area contributed by atoms with E-state index < -0.39 is 0 Å². The van der Waals surface area contributed by atoms with Crippen LogP contribution in [0.25, 0.3) is 0 Å². The van der Waals surface area contributed by atoms with Gasteiger partial charge in [0.15, 0.2) is 0 Å². The smallest absolute Gasteiger partial charge is 0.224 e. The standard InChI is InChI=1S/C20H22Cl2N2O/c1-3-12-23-19(25)14-15-8-5-6-11-18(15)24(13-4-2)20-16(21)9-7-10-17(20)22/h4-11H,2-3,12-14H2,1H3,(H,23,25). The van der Waals surface area contributed by atoms with Crippen LogP contribution in [0.5, 0.6) is 0 Å². The van der Waals surface area contributed by atoms with Gasteiger partial charge in [0.1, 0.15) is 0 Å². The Morgan fingerprint density at radius 3 is 2.48 bits per heavy atom. The van der Waals surface area contributed by atoms with Crippen molar-refractivity contribution >= 4 is 40.5 Å². The first-order valence-corrected chi connectivity index (χ1v) is 9.01. The maximum absolute atomic E-state index is 12.2. The van der Waals surface area contributed by atoms with Crippen molar-refractivity contribution in [3.05, 3.63) is 70.7 Å². The molecule has 1 amide bonds. The van der Waals surface area contributed by atoms with Gasteiger partial charge in [-0.1, -0.05) is 60.5 Å². The molecule has 0 saturated heterocycles. The Kier molecular flexibility index (Phi) is 7.35. The molecule has 132 valence electrons. The molecule has 3 nitrogen and oxygen atoms in total. The van der Waals surface area contributed by atoms with Crippen molar-refractivity contribution in [3.63, 3.8) is 0 Å².